The van der Waals surface area contributed by atoms with Crippen molar-refractivity contribution < 1.29 is 0 Å². The van der Waals surface area contributed by atoms with Crippen LogP contribution in [0.5, 0.6) is 0 Å². The summed E-state index contributed by atoms with van der Waals surface area (Å²) in [5.41, 5.74) is 4.47. The Bertz CT molecular complexity index is 575. The number of aromatic nitrogens is 1. The molecule has 3 aromatic rings. The summed E-state index contributed by atoms with van der Waals surface area (Å²) in [5.74, 6) is 0. The highest BCUT2D eigenvalue weighted by Crippen LogP contribution is 2.23. The van der Waals surface area contributed by atoms with Crippen LogP contribution in [0.3, 0.4) is 0 Å². The van der Waals surface area contributed by atoms with Crippen LogP contribution < -0.4 is 0 Å². The normalized spacial score (nSPS) is 10.2. The minimum absolute atomic E-state index is 0.997. The highest BCUT2D eigenvalue weighted by atomic mass is 14.7. The monoisotopic (exact) mass is 230 g/mol. The third-order valence-electron chi connectivity index (χ3n) is 2.87. The van der Waals surface area contributed by atoms with Gasteiger partial charge < -0.3 is 0 Å². The van der Waals surface area contributed by atoms with Gasteiger partial charge in [0.2, 0.25) is 0 Å². The van der Waals surface area contributed by atoms with Crippen molar-refractivity contribution in [1.82, 2.24) is 4.98 Å². The zero-order valence-corrected chi connectivity index (χ0v) is 9.88. The maximum atomic E-state index is 4.42. The van der Waals surface area contributed by atoms with E-state index < -0.39 is 0 Å². The van der Waals surface area contributed by atoms with E-state index in [0.29, 0.717) is 0 Å². The largest absolute Gasteiger partial charge is 0.256 e. The first-order chi connectivity index (χ1) is 8.93. The standard InChI is InChI=1S/C17H12N/c1-3-7-14(8-4-1)16-11-12-18-17(13-16)15-9-5-2-6-10-15/h1-3,5-13H. The van der Waals surface area contributed by atoms with E-state index in [9.17, 15) is 0 Å². The Hall–Kier alpha value is -2.41. The highest BCUT2D eigenvalue weighted by molar-refractivity contribution is 5.69. The Morgan fingerprint density at radius 1 is 0.778 bits per heavy atom. The van der Waals surface area contributed by atoms with E-state index in [1.165, 1.54) is 5.56 Å². The molecular weight excluding hydrogens is 218 g/mol. The molecule has 3 rings (SSSR count). The van der Waals surface area contributed by atoms with Crippen molar-refractivity contribution in [3.05, 3.63) is 79.0 Å². The molecular formula is C17H12N. The molecule has 0 N–H and O–H groups in total. The maximum absolute atomic E-state index is 4.42. The van der Waals surface area contributed by atoms with Gasteiger partial charge in [0.25, 0.3) is 0 Å². The lowest BCUT2D eigenvalue weighted by Crippen LogP contribution is -1.84. The fourth-order valence-corrected chi connectivity index (χ4v) is 1.95. The number of nitrogens with zero attached hydrogens (tertiary/aromatic N) is 1. The molecule has 1 radical (unpaired) electrons. The fourth-order valence-electron chi connectivity index (χ4n) is 1.95. The SMILES string of the molecule is [c]1cccc(-c2ccnc(-c3ccccc3)c2)c1. The van der Waals surface area contributed by atoms with E-state index in [-0.39, 0.29) is 0 Å². The number of rotatable bonds is 2. The summed E-state index contributed by atoms with van der Waals surface area (Å²) in [5, 5.41) is 0. The van der Waals surface area contributed by atoms with Gasteiger partial charge in [0.15, 0.2) is 0 Å². The predicted molar refractivity (Wildman–Crippen MR) is 73.9 cm³/mol. The molecule has 0 atom stereocenters. The molecule has 0 aliphatic rings. The third kappa shape index (κ3) is 2.16. The summed E-state index contributed by atoms with van der Waals surface area (Å²) in [7, 11) is 0. The van der Waals surface area contributed by atoms with Gasteiger partial charge in [0, 0.05) is 11.8 Å². The van der Waals surface area contributed by atoms with Gasteiger partial charge in [-0.2, -0.15) is 0 Å². The molecule has 0 spiro atoms. The van der Waals surface area contributed by atoms with Crippen LogP contribution in [0.4, 0.5) is 0 Å². The Labute approximate surface area is 107 Å². The molecule has 1 heterocycles. The van der Waals surface area contributed by atoms with Crippen molar-refractivity contribution in [2.24, 2.45) is 0 Å². The number of hydrogen-bond donors (Lipinski definition) is 0. The van der Waals surface area contributed by atoms with Crippen molar-refractivity contribution in [2.45, 2.75) is 0 Å². The van der Waals surface area contributed by atoms with Gasteiger partial charge in [0.1, 0.15) is 0 Å². The second-order valence-corrected chi connectivity index (χ2v) is 4.09. The van der Waals surface area contributed by atoms with E-state index in [1.54, 1.807) is 0 Å². The lowest BCUT2D eigenvalue weighted by molar-refractivity contribution is 1.33. The second kappa shape index (κ2) is 4.84. The van der Waals surface area contributed by atoms with Gasteiger partial charge in [-0.3, -0.25) is 4.98 Å². The van der Waals surface area contributed by atoms with Crippen molar-refractivity contribution in [3.8, 4) is 22.4 Å². The molecule has 85 valence electrons. The summed E-state index contributed by atoms with van der Waals surface area (Å²) in [6.45, 7) is 0. The van der Waals surface area contributed by atoms with Gasteiger partial charge >= 0.3 is 0 Å². The number of pyridine rings is 1. The summed E-state index contributed by atoms with van der Waals surface area (Å²) in [4.78, 5) is 4.42. The molecule has 2 aromatic carbocycles. The van der Waals surface area contributed by atoms with Crippen LogP contribution in [-0.4, -0.2) is 4.98 Å². The van der Waals surface area contributed by atoms with E-state index in [0.717, 1.165) is 16.8 Å². The van der Waals surface area contributed by atoms with E-state index in [2.05, 4.69) is 35.3 Å². The molecule has 0 unspecified atom stereocenters. The first kappa shape index (κ1) is 10.7. The Balaban J connectivity index is 2.05. The van der Waals surface area contributed by atoms with Gasteiger partial charge in [-0.1, -0.05) is 48.5 Å². The first-order valence-corrected chi connectivity index (χ1v) is 5.91. The molecule has 0 saturated carbocycles. The zero-order chi connectivity index (χ0) is 12.2. The molecule has 0 saturated heterocycles. The highest BCUT2D eigenvalue weighted by Gasteiger charge is 2.01. The number of hydrogen-bond acceptors (Lipinski definition) is 1. The Kier molecular flexibility index (Phi) is 2.89. The summed E-state index contributed by atoms with van der Waals surface area (Å²) < 4.78 is 0. The zero-order valence-electron chi connectivity index (χ0n) is 9.88. The quantitative estimate of drug-likeness (QED) is 0.642. The van der Waals surface area contributed by atoms with Gasteiger partial charge in [-0.05, 0) is 35.4 Å². The van der Waals surface area contributed by atoms with Crippen LogP contribution in [0.1, 0.15) is 0 Å². The lowest BCUT2D eigenvalue weighted by Gasteiger charge is -2.04. The van der Waals surface area contributed by atoms with Crippen LogP contribution in [0.15, 0.2) is 72.9 Å². The van der Waals surface area contributed by atoms with Crippen molar-refractivity contribution in [1.29, 1.82) is 0 Å². The van der Waals surface area contributed by atoms with E-state index >= 15 is 0 Å². The average molecular weight is 230 g/mol. The fraction of sp³-hybridized carbons (Fsp3) is 0. The maximum Gasteiger partial charge on any atom is 0.0708 e. The van der Waals surface area contributed by atoms with Crippen molar-refractivity contribution >= 4 is 0 Å². The molecule has 1 aromatic heterocycles. The first-order valence-electron chi connectivity index (χ1n) is 5.91. The van der Waals surface area contributed by atoms with Crippen molar-refractivity contribution in [2.75, 3.05) is 0 Å². The van der Waals surface area contributed by atoms with Crippen LogP contribution in [-0.2, 0) is 0 Å². The van der Waals surface area contributed by atoms with Crippen LogP contribution >= 0.6 is 0 Å². The molecule has 0 aliphatic carbocycles. The molecule has 18 heavy (non-hydrogen) atoms. The van der Waals surface area contributed by atoms with Crippen LogP contribution in [0.2, 0.25) is 0 Å². The molecule has 0 bridgehead atoms. The predicted octanol–water partition coefficient (Wildman–Crippen LogP) is 4.22. The smallest absolute Gasteiger partial charge is 0.0708 e. The van der Waals surface area contributed by atoms with Gasteiger partial charge in [-0.25, -0.2) is 0 Å². The minimum Gasteiger partial charge on any atom is -0.256 e. The molecule has 0 amide bonds. The Morgan fingerprint density at radius 3 is 2.39 bits per heavy atom. The molecule has 1 heteroatoms. The summed E-state index contributed by atoms with van der Waals surface area (Å²) >= 11 is 0. The van der Waals surface area contributed by atoms with E-state index in [1.807, 2.05) is 48.7 Å². The molecule has 0 fully saturated rings. The summed E-state index contributed by atoms with van der Waals surface area (Å²) in [6, 6.07) is 25.4. The second-order valence-electron chi connectivity index (χ2n) is 4.09. The lowest BCUT2D eigenvalue weighted by atomic mass is 10.0. The van der Waals surface area contributed by atoms with Crippen LogP contribution in [0, 0.1) is 6.07 Å². The third-order valence-corrected chi connectivity index (χ3v) is 2.87. The average Bonchev–Trinajstić information content (AvgIpc) is 2.49. The molecule has 1 nitrogen and oxygen atoms in total. The van der Waals surface area contributed by atoms with E-state index in [4.69, 9.17) is 0 Å². The minimum atomic E-state index is 0.997. The van der Waals surface area contributed by atoms with Gasteiger partial charge in [0.05, 0.1) is 5.69 Å². The number of benzene rings is 2. The van der Waals surface area contributed by atoms with Crippen LogP contribution in [0.25, 0.3) is 22.4 Å². The van der Waals surface area contributed by atoms with Gasteiger partial charge in [-0.15, -0.1) is 0 Å². The van der Waals surface area contributed by atoms with Crippen molar-refractivity contribution in [3.63, 3.8) is 0 Å². The Morgan fingerprint density at radius 2 is 1.61 bits per heavy atom. The molecule has 0 aliphatic heterocycles. The summed E-state index contributed by atoms with van der Waals surface area (Å²) in [6.07, 6.45) is 1.85. The topological polar surface area (TPSA) is 12.9 Å².